The van der Waals surface area contributed by atoms with Crippen LogP contribution in [-0.2, 0) is 11.3 Å². The van der Waals surface area contributed by atoms with Gasteiger partial charge in [-0.05, 0) is 37.3 Å². The number of piperidine rings is 1. The summed E-state index contributed by atoms with van der Waals surface area (Å²) in [5.74, 6) is 1.53. The van der Waals surface area contributed by atoms with Crippen LogP contribution in [0.15, 0.2) is 30.3 Å². The van der Waals surface area contributed by atoms with E-state index in [1.165, 1.54) is 18.4 Å². The number of carbonyl (C=O) groups excluding carboxylic acids is 1. The summed E-state index contributed by atoms with van der Waals surface area (Å²) in [6, 6.07) is 10.7. The summed E-state index contributed by atoms with van der Waals surface area (Å²) in [5.41, 5.74) is 1.39. The van der Waals surface area contributed by atoms with Gasteiger partial charge in [-0.1, -0.05) is 36.8 Å². The highest BCUT2D eigenvalue weighted by molar-refractivity contribution is 5.81. The number of benzene rings is 1. The fourth-order valence-corrected chi connectivity index (χ4v) is 3.70. The molecule has 2 aliphatic rings. The number of fused-ring (bicyclic) bond motifs is 1. The van der Waals surface area contributed by atoms with E-state index in [0.29, 0.717) is 17.6 Å². The molecule has 2 nitrogen and oxygen atoms in total. The Bertz CT molecular complexity index is 428. The molecule has 0 radical (unpaired) electrons. The molecule has 3 rings (SSSR count). The lowest BCUT2D eigenvalue weighted by molar-refractivity contribution is -0.125. The van der Waals surface area contributed by atoms with Gasteiger partial charge < -0.3 is 0 Å². The van der Waals surface area contributed by atoms with Crippen LogP contribution in [0.4, 0.5) is 0 Å². The van der Waals surface area contributed by atoms with Gasteiger partial charge in [-0.3, -0.25) is 9.69 Å². The van der Waals surface area contributed by atoms with Crippen LogP contribution in [-0.4, -0.2) is 23.8 Å². The maximum atomic E-state index is 12.1. The summed E-state index contributed by atoms with van der Waals surface area (Å²) in [7, 11) is 0. The second-order valence-electron chi connectivity index (χ2n) is 6.09. The number of ketones is 1. The smallest absolute Gasteiger partial charge is 0.136 e. The van der Waals surface area contributed by atoms with Crippen molar-refractivity contribution in [2.75, 3.05) is 13.1 Å². The molecule has 2 heteroatoms. The molecular formula is C17H23NO. The molecule has 2 unspecified atom stereocenters. The van der Waals surface area contributed by atoms with E-state index in [2.05, 4.69) is 35.2 Å². The van der Waals surface area contributed by atoms with Crippen LogP contribution in [0.1, 0.15) is 37.7 Å². The predicted octanol–water partition coefficient (Wildman–Crippen LogP) is 3.27. The number of Topliss-reactive ketones (excluding diaryl/α,β-unsaturated/α-hetero) is 1. The summed E-state index contributed by atoms with van der Waals surface area (Å²) in [5, 5.41) is 0. The third-order valence-corrected chi connectivity index (χ3v) is 4.73. The summed E-state index contributed by atoms with van der Waals surface area (Å²) in [6.45, 7) is 3.24. The number of rotatable bonds is 2. The zero-order valence-electron chi connectivity index (χ0n) is 11.6. The van der Waals surface area contributed by atoms with Gasteiger partial charge in [0, 0.05) is 25.4 Å². The van der Waals surface area contributed by atoms with Crippen LogP contribution in [0, 0.1) is 11.8 Å². The van der Waals surface area contributed by atoms with Crippen LogP contribution < -0.4 is 0 Å². The van der Waals surface area contributed by atoms with Crippen molar-refractivity contribution >= 4 is 5.78 Å². The summed E-state index contributed by atoms with van der Waals surface area (Å²) in [4.78, 5) is 14.6. The van der Waals surface area contributed by atoms with E-state index in [-0.39, 0.29) is 0 Å². The fourth-order valence-electron chi connectivity index (χ4n) is 3.70. The quantitative estimate of drug-likeness (QED) is 0.810. The first-order valence-corrected chi connectivity index (χ1v) is 7.62. The number of nitrogens with zero attached hydrogens (tertiary/aromatic N) is 1. The maximum absolute atomic E-state index is 12.1. The van der Waals surface area contributed by atoms with E-state index in [1.54, 1.807) is 0 Å². The number of likely N-dealkylation sites (tertiary alicyclic amines) is 1. The van der Waals surface area contributed by atoms with Crippen molar-refractivity contribution in [3.8, 4) is 0 Å². The van der Waals surface area contributed by atoms with Gasteiger partial charge in [0.1, 0.15) is 5.78 Å². The highest BCUT2D eigenvalue weighted by atomic mass is 16.1. The fraction of sp³-hybridized carbons (Fsp3) is 0.588. The lowest BCUT2D eigenvalue weighted by atomic mass is 9.81. The average Bonchev–Trinajstić information content (AvgIpc) is 2.62. The van der Waals surface area contributed by atoms with Crippen molar-refractivity contribution in [3.05, 3.63) is 35.9 Å². The second kappa shape index (κ2) is 5.87. The minimum Gasteiger partial charge on any atom is -0.299 e. The molecule has 1 aromatic rings. The van der Waals surface area contributed by atoms with Crippen molar-refractivity contribution in [3.63, 3.8) is 0 Å². The van der Waals surface area contributed by atoms with Crippen LogP contribution in [0.5, 0.6) is 0 Å². The highest BCUT2D eigenvalue weighted by Crippen LogP contribution is 2.33. The van der Waals surface area contributed by atoms with Crippen LogP contribution >= 0.6 is 0 Å². The Kier molecular flexibility index (Phi) is 3.97. The molecule has 0 amide bonds. The number of hydrogen-bond donors (Lipinski definition) is 0. The van der Waals surface area contributed by atoms with Gasteiger partial charge in [0.2, 0.25) is 0 Å². The third kappa shape index (κ3) is 3.06. The number of carbonyl (C=O) groups is 1. The van der Waals surface area contributed by atoms with Crippen LogP contribution in [0.2, 0.25) is 0 Å². The molecular weight excluding hydrogens is 234 g/mol. The van der Waals surface area contributed by atoms with Crippen molar-refractivity contribution in [2.24, 2.45) is 11.8 Å². The lowest BCUT2D eigenvalue weighted by Crippen LogP contribution is -2.42. The first-order chi connectivity index (χ1) is 9.33. The Balaban J connectivity index is 1.63. The topological polar surface area (TPSA) is 20.3 Å². The largest absolute Gasteiger partial charge is 0.299 e. The van der Waals surface area contributed by atoms with Crippen LogP contribution in [0.3, 0.4) is 0 Å². The monoisotopic (exact) mass is 257 g/mol. The molecule has 0 spiro atoms. The van der Waals surface area contributed by atoms with Crippen molar-refractivity contribution in [2.45, 2.75) is 38.6 Å². The van der Waals surface area contributed by atoms with E-state index < -0.39 is 0 Å². The molecule has 19 heavy (non-hydrogen) atoms. The molecule has 0 aromatic heterocycles. The molecule has 1 aliphatic heterocycles. The molecule has 0 bridgehead atoms. The van der Waals surface area contributed by atoms with Gasteiger partial charge in [-0.25, -0.2) is 0 Å². The summed E-state index contributed by atoms with van der Waals surface area (Å²) >= 11 is 0. The number of hydrogen-bond acceptors (Lipinski definition) is 2. The van der Waals surface area contributed by atoms with Crippen molar-refractivity contribution in [1.29, 1.82) is 0 Å². The van der Waals surface area contributed by atoms with E-state index >= 15 is 0 Å². The molecule has 1 aliphatic carbocycles. The highest BCUT2D eigenvalue weighted by Gasteiger charge is 2.34. The lowest BCUT2D eigenvalue weighted by Gasteiger charge is -2.37. The minimum absolute atomic E-state index is 0.370. The van der Waals surface area contributed by atoms with E-state index in [1.807, 2.05) is 0 Å². The predicted molar refractivity (Wildman–Crippen MR) is 76.8 cm³/mol. The minimum atomic E-state index is 0.370. The Morgan fingerprint density at radius 3 is 2.79 bits per heavy atom. The molecule has 0 N–H and O–H groups in total. The summed E-state index contributed by atoms with van der Waals surface area (Å²) < 4.78 is 0. The van der Waals surface area contributed by atoms with Gasteiger partial charge in [0.05, 0.1) is 0 Å². The molecule has 102 valence electrons. The zero-order valence-corrected chi connectivity index (χ0v) is 11.6. The van der Waals surface area contributed by atoms with Gasteiger partial charge in [0.15, 0.2) is 0 Å². The van der Waals surface area contributed by atoms with Crippen molar-refractivity contribution in [1.82, 2.24) is 4.90 Å². The van der Waals surface area contributed by atoms with E-state index in [4.69, 9.17) is 0 Å². The Morgan fingerprint density at radius 2 is 1.95 bits per heavy atom. The molecule has 2 atom stereocenters. The van der Waals surface area contributed by atoms with Gasteiger partial charge in [-0.2, -0.15) is 0 Å². The van der Waals surface area contributed by atoms with E-state index in [9.17, 15) is 4.79 Å². The van der Waals surface area contributed by atoms with Crippen molar-refractivity contribution < 1.29 is 4.79 Å². The molecule has 1 aromatic carbocycles. The second-order valence-corrected chi connectivity index (χ2v) is 6.09. The third-order valence-electron chi connectivity index (χ3n) is 4.73. The van der Waals surface area contributed by atoms with Gasteiger partial charge >= 0.3 is 0 Å². The molecule has 1 saturated carbocycles. The Hall–Kier alpha value is -1.15. The van der Waals surface area contributed by atoms with Crippen LogP contribution in [0.25, 0.3) is 0 Å². The first kappa shape index (κ1) is 12.9. The molecule has 1 saturated heterocycles. The van der Waals surface area contributed by atoms with Gasteiger partial charge in [-0.15, -0.1) is 0 Å². The maximum Gasteiger partial charge on any atom is 0.136 e. The van der Waals surface area contributed by atoms with E-state index in [0.717, 1.165) is 38.9 Å². The molecule has 1 heterocycles. The average molecular weight is 257 g/mol. The first-order valence-electron chi connectivity index (χ1n) is 7.62. The van der Waals surface area contributed by atoms with Gasteiger partial charge in [0.25, 0.3) is 0 Å². The normalized spacial score (nSPS) is 28.7. The zero-order chi connectivity index (χ0) is 13.1. The molecule has 2 fully saturated rings. The Labute approximate surface area is 115 Å². The Morgan fingerprint density at radius 1 is 1.11 bits per heavy atom. The SMILES string of the molecule is O=C1CCCCC2CN(Cc3ccccc3)CCC12. The standard InChI is InChI=1S/C17H23NO/c19-17-9-5-4-8-15-13-18(11-10-16(15)17)12-14-6-2-1-3-7-14/h1-3,6-7,15-16H,4-5,8-13H2. The summed E-state index contributed by atoms with van der Waals surface area (Å²) in [6.07, 6.45) is 5.52.